The first-order chi connectivity index (χ1) is 11.8. The Morgan fingerprint density at radius 3 is 3.04 bits per heavy atom. The summed E-state index contributed by atoms with van der Waals surface area (Å²) in [6.45, 7) is 3.27. The number of morpholine rings is 1. The molecule has 0 aliphatic carbocycles. The number of hydrogen-bond donors (Lipinski definition) is 2. The molecule has 128 valence electrons. The lowest BCUT2D eigenvalue weighted by Crippen LogP contribution is -2.44. The lowest BCUT2D eigenvalue weighted by atomic mass is 10.1. The van der Waals surface area contributed by atoms with Gasteiger partial charge in [-0.25, -0.2) is 0 Å². The molecule has 24 heavy (non-hydrogen) atoms. The van der Waals surface area contributed by atoms with E-state index < -0.39 is 0 Å². The Balaban J connectivity index is 1.45. The normalized spacial score (nSPS) is 17.6. The molecular formula is C17H23N5O2. The first-order valence-electron chi connectivity index (χ1n) is 8.29. The van der Waals surface area contributed by atoms with Crippen LogP contribution in [-0.4, -0.2) is 46.5 Å². The number of rotatable bonds is 7. The summed E-state index contributed by atoms with van der Waals surface area (Å²) in [7, 11) is 0. The van der Waals surface area contributed by atoms with Crippen LogP contribution in [0.15, 0.2) is 36.7 Å². The van der Waals surface area contributed by atoms with E-state index in [4.69, 9.17) is 4.74 Å². The van der Waals surface area contributed by atoms with Crippen LogP contribution in [0.25, 0.3) is 0 Å². The van der Waals surface area contributed by atoms with Crippen molar-refractivity contribution in [3.8, 4) is 0 Å². The van der Waals surface area contributed by atoms with Crippen molar-refractivity contribution < 1.29 is 9.53 Å². The number of aromatic nitrogens is 3. The van der Waals surface area contributed by atoms with Crippen molar-refractivity contribution in [1.29, 1.82) is 0 Å². The Kier molecular flexibility index (Phi) is 5.92. The minimum absolute atomic E-state index is 0.00407. The van der Waals surface area contributed by atoms with Crippen LogP contribution in [0, 0.1) is 0 Å². The van der Waals surface area contributed by atoms with Gasteiger partial charge in [0.25, 0.3) is 0 Å². The van der Waals surface area contributed by atoms with Crippen molar-refractivity contribution in [3.63, 3.8) is 0 Å². The van der Waals surface area contributed by atoms with E-state index >= 15 is 0 Å². The molecule has 0 radical (unpaired) electrons. The van der Waals surface area contributed by atoms with E-state index in [0.29, 0.717) is 26.2 Å². The SMILES string of the molecule is O=C(C[C@H]1COCCN1)NCc1nncn1CCc1ccccc1. The molecule has 1 atom stereocenters. The van der Waals surface area contributed by atoms with E-state index in [0.717, 1.165) is 25.3 Å². The van der Waals surface area contributed by atoms with E-state index in [2.05, 4.69) is 33.0 Å². The maximum absolute atomic E-state index is 12.0. The molecule has 1 amide bonds. The topological polar surface area (TPSA) is 81.1 Å². The van der Waals surface area contributed by atoms with Crippen LogP contribution in [0.2, 0.25) is 0 Å². The maximum Gasteiger partial charge on any atom is 0.222 e. The average molecular weight is 329 g/mol. The molecule has 0 spiro atoms. The summed E-state index contributed by atoms with van der Waals surface area (Å²) in [6, 6.07) is 10.4. The fraction of sp³-hybridized carbons (Fsp3) is 0.471. The van der Waals surface area contributed by atoms with Crippen LogP contribution >= 0.6 is 0 Å². The Morgan fingerprint density at radius 1 is 1.38 bits per heavy atom. The molecule has 3 rings (SSSR count). The molecular weight excluding hydrogens is 306 g/mol. The highest BCUT2D eigenvalue weighted by Gasteiger charge is 2.17. The highest BCUT2D eigenvalue weighted by Crippen LogP contribution is 2.04. The minimum Gasteiger partial charge on any atom is -0.378 e. The highest BCUT2D eigenvalue weighted by molar-refractivity contribution is 5.76. The van der Waals surface area contributed by atoms with Crippen LogP contribution in [0.4, 0.5) is 0 Å². The van der Waals surface area contributed by atoms with Gasteiger partial charge in [0.05, 0.1) is 19.8 Å². The van der Waals surface area contributed by atoms with Gasteiger partial charge < -0.3 is 19.9 Å². The van der Waals surface area contributed by atoms with Crippen LogP contribution < -0.4 is 10.6 Å². The van der Waals surface area contributed by atoms with Crippen molar-refractivity contribution in [2.75, 3.05) is 19.8 Å². The van der Waals surface area contributed by atoms with Crippen molar-refractivity contribution in [1.82, 2.24) is 25.4 Å². The predicted molar refractivity (Wildman–Crippen MR) is 89.2 cm³/mol. The maximum atomic E-state index is 12.0. The molecule has 1 aromatic carbocycles. The van der Waals surface area contributed by atoms with Gasteiger partial charge in [-0.3, -0.25) is 4.79 Å². The number of amides is 1. The summed E-state index contributed by atoms with van der Waals surface area (Å²) in [6.07, 6.45) is 3.03. The molecule has 2 N–H and O–H groups in total. The quantitative estimate of drug-likeness (QED) is 0.774. The van der Waals surface area contributed by atoms with Crippen LogP contribution in [0.5, 0.6) is 0 Å². The number of aryl methyl sites for hydroxylation is 2. The van der Waals surface area contributed by atoms with Crippen LogP contribution in [-0.2, 0) is 29.0 Å². The van der Waals surface area contributed by atoms with Gasteiger partial charge in [0.2, 0.25) is 5.91 Å². The van der Waals surface area contributed by atoms with E-state index in [1.54, 1.807) is 6.33 Å². The van der Waals surface area contributed by atoms with Gasteiger partial charge in [-0.2, -0.15) is 0 Å². The Bertz CT molecular complexity index is 637. The van der Waals surface area contributed by atoms with Crippen molar-refractivity contribution in [2.24, 2.45) is 0 Å². The standard InChI is InChI=1S/C17H23N5O2/c23-17(10-15-12-24-9-7-18-15)19-11-16-21-20-13-22(16)8-6-14-4-2-1-3-5-14/h1-5,13,15,18H,6-12H2,(H,19,23)/t15-/m0/s1. The monoisotopic (exact) mass is 329 g/mol. The Labute approximate surface area is 141 Å². The lowest BCUT2D eigenvalue weighted by Gasteiger charge is -2.23. The van der Waals surface area contributed by atoms with Gasteiger partial charge in [0.15, 0.2) is 5.82 Å². The molecule has 0 saturated carbocycles. The first kappa shape index (κ1) is 16.6. The number of carbonyl (C=O) groups excluding carboxylic acids is 1. The fourth-order valence-corrected chi connectivity index (χ4v) is 2.72. The second-order valence-corrected chi connectivity index (χ2v) is 5.88. The molecule has 7 nitrogen and oxygen atoms in total. The summed E-state index contributed by atoms with van der Waals surface area (Å²) in [4.78, 5) is 12.0. The predicted octanol–water partition coefficient (Wildman–Crippen LogP) is 0.516. The fourth-order valence-electron chi connectivity index (χ4n) is 2.72. The number of hydrogen-bond acceptors (Lipinski definition) is 5. The van der Waals surface area contributed by atoms with Crippen molar-refractivity contribution >= 4 is 5.91 Å². The third-order valence-electron chi connectivity index (χ3n) is 4.05. The zero-order chi connectivity index (χ0) is 16.6. The molecule has 7 heteroatoms. The molecule has 2 aromatic rings. The molecule has 0 unspecified atom stereocenters. The number of nitrogens with one attached hydrogen (secondary N) is 2. The van der Waals surface area contributed by atoms with Crippen molar-refractivity contribution in [2.45, 2.75) is 32.0 Å². The summed E-state index contributed by atoms with van der Waals surface area (Å²) in [5.41, 5.74) is 1.27. The van der Waals surface area contributed by atoms with E-state index in [-0.39, 0.29) is 11.9 Å². The first-order valence-corrected chi connectivity index (χ1v) is 8.29. The number of ether oxygens (including phenoxy) is 1. The van der Waals surface area contributed by atoms with Gasteiger partial charge in [0, 0.05) is 25.6 Å². The number of carbonyl (C=O) groups is 1. The minimum atomic E-state index is -0.00407. The molecule has 1 aromatic heterocycles. The molecule has 0 bridgehead atoms. The number of benzene rings is 1. The smallest absolute Gasteiger partial charge is 0.222 e. The van der Waals surface area contributed by atoms with Gasteiger partial charge >= 0.3 is 0 Å². The van der Waals surface area contributed by atoms with Crippen molar-refractivity contribution in [3.05, 3.63) is 48.0 Å². The second-order valence-electron chi connectivity index (χ2n) is 5.88. The summed E-state index contributed by atoms with van der Waals surface area (Å²) >= 11 is 0. The van der Waals surface area contributed by atoms with Crippen LogP contribution in [0.1, 0.15) is 17.8 Å². The van der Waals surface area contributed by atoms with E-state index in [1.165, 1.54) is 5.56 Å². The third-order valence-corrected chi connectivity index (χ3v) is 4.05. The van der Waals surface area contributed by atoms with Gasteiger partial charge in [-0.05, 0) is 12.0 Å². The number of nitrogens with zero attached hydrogens (tertiary/aromatic N) is 3. The Hall–Kier alpha value is -2.25. The lowest BCUT2D eigenvalue weighted by molar-refractivity contribution is -0.122. The Morgan fingerprint density at radius 2 is 2.25 bits per heavy atom. The average Bonchev–Trinajstić information content (AvgIpc) is 3.07. The van der Waals surface area contributed by atoms with Crippen LogP contribution in [0.3, 0.4) is 0 Å². The van der Waals surface area contributed by atoms with E-state index in [9.17, 15) is 4.79 Å². The molecule has 2 heterocycles. The molecule has 1 saturated heterocycles. The van der Waals surface area contributed by atoms with Gasteiger partial charge in [-0.1, -0.05) is 30.3 Å². The molecule has 1 fully saturated rings. The summed E-state index contributed by atoms with van der Waals surface area (Å²) < 4.78 is 7.34. The zero-order valence-electron chi connectivity index (χ0n) is 13.6. The molecule has 1 aliphatic rings. The third kappa shape index (κ3) is 4.87. The largest absolute Gasteiger partial charge is 0.378 e. The van der Waals surface area contributed by atoms with Gasteiger partial charge in [0.1, 0.15) is 6.33 Å². The van der Waals surface area contributed by atoms with Gasteiger partial charge in [-0.15, -0.1) is 10.2 Å². The summed E-state index contributed by atoms with van der Waals surface area (Å²) in [5.74, 6) is 0.766. The zero-order valence-corrected chi connectivity index (χ0v) is 13.6. The molecule has 1 aliphatic heterocycles. The highest BCUT2D eigenvalue weighted by atomic mass is 16.5. The second kappa shape index (κ2) is 8.56. The van der Waals surface area contributed by atoms with E-state index in [1.807, 2.05) is 22.8 Å². The summed E-state index contributed by atoms with van der Waals surface area (Å²) in [5, 5.41) is 14.2.